The van der Waals surface area contributed by atoms with Crippen LogP contribution in [0.25, 0.3) is 0 Å². The van der Waals surface area contributed by atoms with Crippen molar-refractivity contribution in [3.63, 3.8) is 0 Å². The largest absolute Gasteiger partial charge is 0.381 e. The molecule has 1 N–H and O–H groups in total. The molecular formula is C15H20BrNO. The minimum atomic E-state index is 0.215. The summed E-state index contributed by atoms with van der Waals surface area (Å²) < 4.78 is 7.13. The molecule has 2 aliphatic rings. The highest BCUT2D eigenvalue weighted by atomic mass is 79.9. The third-order valence-corrected chi connectivity index (χ3v) is 4.93. The molecule has 1 saturated heterocycles. The zero-order valence-corrected chi connectivity index (χ0v) is 12.4. The Morgan fingerprint density at radius 3 is 2.94 bits per heavy atom. The lowest BCUT2D eigenvalue weighted by atomic mass is 9.74. The normalized spacial score (nSPS) is 25.8. The third kappa shape index (κ3) is 2.43. The Bertz CT molecular complexity index is 442. The number of anilines is 1. The highest BCUT2D eigenvalue weighted by molar-refractivity contribution is 9.10. The van der Waals surface area contributed by atoms with Crippen molar-refractivity contribution < 1.29 is 4.74 Å². The minimum absolute atomic E-state index is 0.215. The molecule has 1 saturated carbocycles. The standard InChI is InChI=1S/C15H20BrNO/c1-11-3-4-13(16)14(9-11)17-12-5-8-18-15(10-12)6-2-7-15/h3-4,9,12,17H,2,5-8,10H2,1H3. The van der Waals surface area contributed by atoms with Crippen molar-refractivity contribution >= 4 is 21.6 Å². The van der Waals surface area contributed by atoms with E-state index in [0.29, 0.717) is 6.04 Å². The highest BCUT2D eigenvalue weighted by Crippen LogP contribution is 2.43. The van der Waals surface area contributed by atoms with Crippen LogP contribution in [-0.2, 0) is 4.74 Å². The van der Waals surface area contributed by atoms with E-state index in [1.54, 1.807) is 0 Å². The van der Waals surface area contributed by atoms with Gasteiger partial charge in [0.25, 0.3) is 0 Å². The number of rotatable bonds is 2. The monoisotopic (exact) mass is 309 g/mol. The van der Waals surface area contributed by atoms with Gasteiger partial charge < -0.3 is 10.1 Å². The smallest absolute Gasteiger partial charge is 0.0702 e. The number of halogens is 1. The molecule has 3 heteroatoms. The van der Waals surface area contributed by atoms with Gasteiger partial charge in [-0.2, -0.15) is 0 Å². The van der Waals surface area contributed by atoms with Gasteiger partial charge >= 0.3 is 0 Å². The minimum Gasteiger partial charge on any atom is -0.381 e. The summed E-state index contributed by atoms with van der Waals surface area (Å²) in [6.07, 6.45) is 6.11. The van der Waals surface area contributed by atoms with Crippen LogP contribution in [0.3, 0.4) is 0 Å². The molecule has 2 nitrogen and oxygen atoms in total. The molecule has 1 heterocycles. The second-order valence-electron chi connectivity index (χ2n) is 5.70. The number of nitrogens with one attached hydrogen (secondary N) is 1. The molecule has 1 aliphatic heterocycles. The SMILES string of the molecule is Cc1ccc(Br)c(NC2CCOC3(CCC3)C2)c1. The zero-order valence-electron chi connectivity index (χ0n) is 10.8. The topological polar surface area (TPSA) is 21.3 Å². The maximum atomic E-state index is 5.97. The van der Waals surface area contributed by atoms with E-state index in [9.17, 15) is 0 Å². The van der Waals surface area contributed by atoms with Gasteiger partial charge in [-0.15, -0.1) is 0 Å². The second-order valence-corrected chi connectivity index (χ2v) is 6.56. The van der Waals surface area contributed by atoms with Crippen molar-refractivity contribution in [3.05, 3.63) is 28.2 Å². The predicted octanol–water partition coefficient (Wildman–Crippen LogP) is 4.27. The molecule has 1 unspecified atom stereocenters. The van der Waals surface area contributed by atoms with Crippen LogP contribution < -0.4 is 5.32 Å². The van der Waals surface area contributed by atoms with E-state index in [1.807, 2.05) is 0 Å². The maximum absolute atomic E-state index is 5.97. The van der Waals surface area contributed by atoms with E-state index in [2.05, 4.69) is 46.4 Å². The zero-order chi connectivity index (χ0) is 12.6. The fraction of sp³-hybridized carbons (Fsp3) is 0.600. The Balaban J connectivity index is 1.70. The molecule has 1 atom stereocenters. The lowest BCUT2D eigenvalue weighted by Crippen LogP contribution is -2.49. The fourth-order valence-corrected chi connectivity index (χ4v) is 3.40. The molecule has 18 heavy (non-hydrogen) atoms. The first-order valence-corrected chi connectivity index (χ1v) is 7.63. The summed E-state index contributed by atoms with van der Waals surface area (Å²) >= 11 is 3.62. The van der Waals surface area contributed by atoms with Crippen molar-refractivity contribution in [2.75, 3.05) is 11.9 Å². The molecule has 1 aliphatic carbocycles. The van der Waals surface area contributed by atoms with Gasteiger partial charge in [-0.3, -0.25) is 0 Å². The number of hydrogen-bond acceptors (Lipinski definition) is 2. The number of aryl methyl sites for hydroxylation is 1. The van der Waals surface area contributed by atoms with E-state index in [4.69, 9.17) is 4.74 Å². The Morgan fingerprint density at radius 2 is 2.22 bits per heavy atom. The fourth-order valence-electron chi connectivity index (χ4n) is 3.04. The summed E-state index contributed by atoms with van der Waals surface area (Å²) in [7, 11) is 0. The molecule has 2 fully saturated rings. The molecule has 1 aromatic rings. The van der Waals surface area contributed by atoms with Crippen LogP contribution in [0.1, 0.15) is 37.7 Å². The van der Waals surface area contributed by atoms with Gasteiger partial charge in [0.2, 0.25) is 0 Å². The quantitative estimate of drug-likeness (QED) is 0.881. The van der Waals surface area contributed by atoms with Gasteiger partial charge in [-0.1, -0.05) is 6.07 Å². The first-order chi connectivity index (χ1) is 8.67. The van der Waals surface area contributed by atoms with Crippen LogP contribution in [0.5, 0.6) is 0 Å². The molecule has 1 spiro atoms. The molecule has 98 valence electrons. The maximum Gasteiger partial charge on any atom is 0.0702 e. The number of benzene rings is 1. The van der Waals surface area contributed by atoms with Crippen LogP contribution in [0.4, 0.5) is 5.69 Å². The second kappa shape index (κ2) is 4.86. The molecule has 0 radical (unpaired) electrons. The summed E-state index contributed by atoms with van der Waals surface area (Å²) in [4.78, 5) is 0. The van der Waals surface area contributed by atoms with E-state index in [1.165, 1.54) is 30.5 Å². The van der Waals surface area contributed by atoms with Crippen LogP contribution >= 0.6 is 15.9 Å². The third-order valence-electron chi connectivity index (χ3n) is 4.24. The summed E-state index contributed by atoms with van der Waals surface area (Å²) in [6, 6.07) is 7.02. The summed E-state index contributed by atoms with van der Waals surface area (Å²) in [5.41, 5.74) is 2.73. The highest BCUT2D eigenvalue weighted by Gasteiger charge is 2.42. The predicted molar refractivity (Wildman–Crippen MR) is 78.1 cm³/mol. The van der Waals surface area contributed by atoms with Crippen molar-refractivity contribution in [1.29, 1.82) is 0 Å². The van der Waals surface area contributed by atoms with Crippen molar-refractivity contribution in [3.8, 4) is 0 Å². The summed E-state index contributed by atoms with van der Waals surface area (Å²) in [5, 5.41) is 3.69. The Morgan fingerprint density at radius 1 is 1.39 bits per heavy atom. The molecule has 0 aromatic heterocycles. The van der Waals surface area contributed by atoms with Gasteiger partial charge in [0.05, 0.1) is 5.60 Å². The summed E-state index contributed by atoms with van der Waals surface area (Å²) in [6.45, 7) is 3.04. The molecule has 3 rings (SSSR count). The van der Waals surface area contributed by atoms with Crippen molar-refractivity contribution in [1.82, 2.24) is 0 Å². The van der Waals surface area contributed by atoms with Gasteiger partial charge in [-0.05, 0) is 72.7 Å². The van der Waals surface area contributed by atoms with Crippen molar-refractivity contribution in [2.24, 2.45) is 0 Å². The summed E-state index contributed by atoms with van der Waals surface area (Å²) in [5.74, 6) is 0. The first kappa shape index (κ1) is 12.5. The number of ether oxygens (including phenoxy) is 1. The van der Waals surface area contributed by atoms with Gasteiger partial charge in [0.15, 0.2) is 0 Å². The van der Waals surface area contributed by atoms with Crippen LogP contribution in [0.2, 0.25) is 0 Å². The van der Waals surface area contributed by atoms with Gasteiger partial charge in [0, 0.05) is 22.8 Å². The van der Waals surface area contributed by atoms with Crippen LogP contribution in [-0.4, -0.2) is 18.2 Å². The molecule has 0 bridgehead atoms. The van der Waals surface area contributed by atoms with Gasteiger partial charge in [-0.25, -0.2) is 0 Å². The van der Waals surface area contributed by atoms with Crippen molar-refractivity contribution in [2.45, 2.75) is 50.7 Å². The number of hydrogen-bond donors (Lipinski definition) is 1. The van der Waals surface area contributed by atoms with Crippen LogP contribution in [0, 0.1) is 6.92 Å². The van der Waals surface area contributed by atoms with Crippen LogP contribution in [0.15, 0.2) is 22.7 Å². The lowest BCUT2D eigenvalue weighted by molar-refractivity contribution is -0.130. The average Bonchev–Trinajstić information content (AvgIpc) is 2.32. The van der Waals surface area contributed by atoms with E-state index in [0.717, 1.165) is 23.9 Å². The van der Waals surface area contributed by atoms with E-state index < -0.39 is 0 Å². The molecule has 1 aromatic carbocycles. The molecule has 0 amide bonds. The Hall–Kier alpha value is -0.540. The Labute approximate surface area is 117 Å². The van der Waals surface area contributed by atoms with E-state index >= 15 is 0 Å². The average molecular weight is 310 g/mol. The first-order valence-electron chi connectivity index (χ1n) is 6.84. The van der Waals surface area contributed by atoms with E-state index in [-0.39, 0.29) is 5.60 Å². The van der Waals surface area contributed by atoms with Gasteiger partial charge in [0.1, 0.15) is 0 Å². The lowest BCUT2D eigenvalue weighted by Gasteiger charge is -2.47. The molecular weight excluding hydrogens is 290 g/mol. The Kier molecular flexibility index (Phi) is 3.37.